The van der Waals surface area contributed by atoms with Crippen molar-refractivity contribution in [3.05, 3.63) is 60.8 Å². The number of carbonyl (C=O) groups excluding carboxylic acids is 2. The molecule has 1 aliphatic rings. The van der Waals surface area contributed by atoms with Gasteiger partial charge in [0, 0.05) is 17.3 Å². The normalized spacial score (nSPS) is 14.4. The predicted octanol–water partition coefficient (Wildman–Crippen LogP) is 3.60. The number of ether oxygens (including phenoxy) is 1. The number of carbonyl (C=O) groups is 2. The van der Waals surface area contributed by atoms with Gasteiger partial charge in [0.2, 0.25) is 11.8 Å². The molecule has 1 aliphatic carbocycles. The van der Waals surface area contributed by atoms with Gasteiger partial charge >= 0.3 is 0 Å². The van der Waals surface area contributed by atoms with Gasteiger partial charge in [0.15, 0.2) is 0 Å². The summed E-state index contributed by atoms with van der Waals surface area (Å²) >= 11 is 0. The minimum Gasteiger partial charge on any atom is -0.497 e. The molecule has 1 heterocycles. The van der Waals surface area contributed by atoms with Crippen molar-refractivity contribution in [1.29, 1.82) is 0 Å². The number of nitrogens with zero attached hydrogens (tertiary/aromatic N) is 1. The summed E-state index contributed by atoms with van der Waals surface area (Å²) in [5.74, 6) is 0.111. The average molecular weight is 361 g/mol. The maximum Gasteiger partial charge on any atom is 0.240 e. The zero-order chi connectivity index (χ0) is 18.9. The van der Waals surface area contributed by atoms with E-state index in [4.69, 9.17) is 4.74 Å². The third kappa shape index (κ3) is 3.21. The molecule has 2 aromatic carbocycles. The van der Waals surface area contributed by atoms with Gasteiger partial charge in [-0.15, -0.1) is 0 Å². The minimum atomic E-state index is -1.03. The molecule has 0 atom stereocenters. The van der Waals surface area contributed by atoms with E-state index in [9.17, 15) is 9.59 Å². The Bertz CT molecular complexity index is 1010. The van der Waals surface area contributed by atoms with Gasteiger partial charge in [-0.25, -0.2) is 0 Å². The second-order valence-electron chi connectivity index (χ2n) is 6.60. The molecule has 2 amide bonds. The van der Waals surface area contributed by atoms with Crippen LogP contribution in [0.15, 0.2) is 60.8 Å². The minimum absolute atomic E-state index is 0.293. The number of anilines is 2. The topological polar surface area (TPSA) is 80.3 Å². The SMILES string of the molecule is COc1ccc(NC(=O)C2(C(=O)Nc3cccc4cccnc34)CC2)cc1. The van der Waals surface area contributed by atoms with Gasteiger partial charge in [-0.05, 0) is 49.2 Å². The molecule has 0 spiro atoms. The van der Waals surface area contributed by atoms with Crippen molar-refractivity contribution >= 4 is 34.1 Å². The Morgan fingerprint density at radius 2 is 1.67 bits per heavy atom. The fraction of sp³-hybridized carbons (Fsp3) is 0.190. The summed E-state index contributed by atoms with van der Waals surface area (Å²) < 4.78 is 5.11. The Labute approximate surface area is 156 Å². The molecule has 0 saturated heterocycles. The van der Waals surface area contributed by atoms with E-state index in [0.29, 0.717) is 35.5 Å². The van der Waals surface area contributed by atoms with Crippen molar-refractivity contribution in [3.63, 3.8) is 0 Å². The van der Waals surface area contributed by atoms with E-state index in [-0.39, 0.29) is 11.8 Å². The van der Waals surface area contributed by atoms with E-state index in [1.54, 1.807) is 43.6 Å². The summed E-state index contributed by atoms with van der Waals surface area (Å²) in [5.41, 5.74) is 0.921. The molecule has 136 valence electrons. The van der Waals surface area contributed by atoms with Crippen molar-refractivity contribution in [2.45, 2.75) is 12.8 Å². The lowest BCUT2D eigenvalue weighted by Gasteiger charge is -2.16. The first kappa shape index (κ1) is 17.0. The first-order valence-electron chi connectivity index (χ1n) is 8.73. The fourth-order valence-electron chi connectivity index (χ4n) is 3.05. The van der Waals surface area contributed by atoms with Crippen LogP contribution in [0.5, 0.6) is 5.75 Å². The maximum absolute atomic E-state index is 12.9. The van der Waals surface area contributed by atoms with Gasteiger partial charge in [-0.3, -0.25) is 14.6 Å². The quantitative estimate of drug-likeness (QED) is 0.681. The lowest BCUT2D eigenvalue weighted by atomic mass is 10.0. The fourth-order valence-corrected chi connectivity index (χ4v) is 3.05. The highest BCUT2D eigenvalue weighted by Crippen LogP contribution is 2.47. The second kappa shape index (κ2) is 6.72. The third-order valence-corrected chi connectivity index (χ3v) is 4.85. The highest BCUT2D eigenvalue weighted by Gasteiger charge is 2.56. The van der Waals surface area contributed by atoms with Crippen LogP contribution in [0.3, 0.4) is 0 Å². The summed E-state index contributed by atoms with van der Waals surface area (Å²) in [6.07, 6.45) is 2.74. The molecule has 0 bridgehead atoms. The second-order valence-corrected chi connectivity index (χ2v) is 6.60. The summed E-state index contributed by atoms with van der Waals surface area (Å²) in [6, 6.07) is 16.4. The average Bonchev–Trinajstić information content (AvgIpc) is 3.51. The highest BCUT2D eigenvalue weighted by atomic mass is 16.5. The first-order valence-corrected chi connectivity index (χ1v) is 8.73. The number of hydrogen-bond donors (Lipinski definition) is 2. The van der Waals surface area contributed by atoms with E-state index < -0.39 is 5.41 Å². The molecule has 0 aliphatic heterocycles. The van der Waals surface area contributed by atoms with Crippen LogP contribution in [-0.2, 0) is 9.59 Å². The number of aromatic nitrogens is 1. The largest absolute Gasteiger partial charge is 0.497 e. The Kier molecular flexibility index (Phi) is 4.24. The number of amides is 2. The molecule has 27 heavy (non-hydrogen) atoms. The Balaban J connectivity index is 1.51. The zero-order valence-corrected chi connectivity index (χ0v) is 14.9. The molecule has 6 heteroatoms. The lowest BCUT2D eigenvalue weighted by molar-refractivity contribution is -0.131. The number of para-hydroxylation sites is 1. The van der Waals surface area contributed by atoms with Crippen LogP contribution < -0.4 is 15.4 Å². The van der Waals surface area contributed by atoms with Crippen LogP contribution in [0.2, 0.25) is 0 Å². The molecular formula is C21H19N3O3. The van der Waals surface area contributed by atoms with Crippen LogP contribution in [0.25, 0.3) is 10.9 Å². The summed E-state index contributed by atoms with van der Waals surface area (Å²) in [5, 5.41) is 6.65. The van der Waals surface area contributed by atoms with Crippen molar-refractivity contribution in [2.24, 2.45) is 5.41 Å². The van der Waals surface area contributed by atoms with Crippen LogP contribution in [0.1, 0.15) is 12.8 Å². The number of nitrogens with one attached hydrogen (secondary N) is 2. The molecule has 1 fully saturated rings. The highest BCUT2D eigenvalue weighted by molar-refractivity contribution is 6.18. The summed E-state index contributed by atoms with van der Waals surface area (Å²) in [4.78, 5) is 29.9. The number of benzene rings is 2. The molecule has 3 aromatic rings. The van der Waals surface area contributed by atoms with E-state index in [2.05, 4.69) is 15.6 Å². The molecule has 1 saturated carbocycles. The number of rotatable bonds is 5. The monoisotopic (exact) mass is 361 g/mol. The Hall–Kier alpha value is -3.41. The standard InChI is InChI=1S/C21H19N3O3/c1-27-16-9-7-15(8-10-16)23-19(25)21(11-12-21)20(26)24-17-6-2-4-14-5-3-13-22-18(14)17/h2-10,13H,11-12H2,1H3,(H,23,25)(H,24,26). The zero-order valence-electron chi connectivity index (χ0n) is 14.9. The Morgan fingerprint density at radius 3 is 2.37 bits per heavy atom. The van der Waals surface area contributed by atoms with Crippen LogP contribution >= 0.6 is 0 Å². The van der Waals surface area contributed by atoms with Gasteiger partial charge in [0.05, 0.1) is 18.3 Å². The molecule has 0 radical (unpaired) electrons. The van der Waals surface area contributed by atoms with Gasteiger partial charge < -0.3 is 15.4 Å². The Morgan fingerprint density at radius 1 is 0.963 bits per heavy atom. The van der Waals surface area contributed by atoms with Gasteiger partial charge in [0.1, 0.15) is 11.2 Å². The summed E-state index contributed by atoms with van der Waals surface area (Å²) in [6.45, 7) is 0. The molecule has 0 unspecified atom stereocenters. The molecular weight excluding hydrogens is 342 g/mol. The number of fused-ring (bicyclic) bond motifs is 1. The van der Waals surface area contributed by atoms with E-state index in [1.807, 2.05) is 24.3 Å². The molecule has 1 aromatic heterocycles. The predicted molar refractivity (Wildman–Crippen MR) is 104 cm³/mol. The lowest BCUT2D eigenvalue weighted by Crippen LogP contribution is -2.35. The van der Waals surface area contributed by atoms with Crippen molar-refractivity contribution in [2.75, 3.05) is 17.7 Å². The van der Waals surface area contributed by atoms with Gasteiger partial charge in [0.25, 0.3) is 0 Å². The molecule has 6 nitrogen and oxygen atoms in total. The van der Waals surface area contributed by atoms with Crippen molar-refractivity contribution in [1.82, 2.24) is 4.98 Å². The van der Waals surface area contributed by atoms with Crippen molar-refractivity contribution < 1.29 is 14.3 Å². The third-order valence-electron chi connectivity index (χ3n) is 4.85. The van der Waals surface area contributed by atoms with Crippen LogP contribution in [0, 0.1) is 5.41 Å². The van der Waals surface area contributed by atoms with E-state index >= 15 is 0 Å². The number of hydrogen-bond acceptors (Lipinski definition) is 4. The number of methoxy groups -OCH3 is 1. The van der Waals surface area contributed by atoms with Crippen LogP contribution in [0.4, 0.5) is 11.4 Å². The van der Waals surface area contributed by atoms with Crippen LogP contribution in [-0.4, -0.2) is 23.9 Å². The molecule has 4 rings (SSSR count). The van der Waals surface area contributed by atoms with Crippen molar-refractivity contribution in [3.8, 4) is 5.75 Å². The number of pyridine rings is 1. The smallest absolute Gasteiger partial charge is 0.240 e. The first-order chi connectivity index (χ1) is 13.1. The summed E-state index contributed by atoms with van der Waals surface area (Å²) in [7, 11) is 1.58. The van der Waals surface area contributed by atoms with Gasteiger partial charge in [-0.2, -0.15) is 0 Å². The molecule has 2 N–H and O–H groups in total. The van der Waals surface area contributed by atoms with E-state index in [0.717, 1.165) is 5.39 Å². The maximum atomic E-state index is 12.9. The van der Waals surface area contributed by atoms with Gasteiger partial charge in [-0.1, -0.05) is 18.2 Å². The van der Waals surface area contributed by atoms with E-state index in [1.165, 1.54) is 0 Å².